The molecule has 1 N–H and O–H groups in total. The van der Waals surface area contributed by atoms with Gasteiger partial charge in [-0.25, -0.2) is 4.39 Å². The van der Waals surface area contributed by atoms with E-state index in [9.17, 15) is 17.6 Å². The maximum absolute atomic E-state index is 13.4. The zero-order valence-corrected chi connectivity index (χ0v) is 13.9. The van der Waals surface area contributed by atoms with Crippen LogP contribution < -0.4 is 5.32 Å². The molecule has 0 spiro atoms. The second kappa shape index (κ2) is 8.16. The normalized spacial score (nSPS) is 20.9. The topological polar surface area (TPSA) is 30.5 Å². The van der Waals surface area contributed by atoms with Crippen molar-refractivity contribution >= 4 is 0 Å². The SMILES string of the molecule is Fc1cc(CCOC2OCCNC2c2ccccc2)cc(C(F)(F)F)c1. The van der Waals surface area contributed by atoms with Gasteiger partial charge in [-0.1, -0.05) is 30.3 Å². The predicted octanol–water partition coefficient (Wildman–Crippen LogP) is 4.09. The summed E-state index contributed by atoms with van der Waals surface area (Å²) in [6.45, 7) is 1.28. The third kappa shape index (κ3) is 4.81. The molecule has 0 aliphatic carbocycles. The first-order valence-corrected chi connectivity index (χ1v) is 8.32. The van der Waals surface area contributed by atoms with Crippen LogP contribution in [0.25, 0.3) is 0 Å². The zero-order chi connectivity index (χ0) is 18.6. The summed E-state index contributed by atoms with van der Waals surface area (Å²) in [5, 5.41) is 3.31. The van der Waals surface area contributed by atoms with Gasteiger partial charge in [-0.2, -0.15) is 13.2 Å². The molecule has 3 nitrogen and oxygen atoms in total. The molecular weight excluding hydrogens is 350 g/mol. The largest absolute Gasteiger partial charge is 0.416 e. The van der Waals surface area contributed by atoms with E-state index >= 15 is 0 Å². The van der Waals surface area contributed by atoms with E-state index in [2.05, 4.69) is 5.32 Å². The van der Waals surface area contributed by atoms with Crippen LogP contribution in [0.2, 0.25) is 0 Å². The van der Waals surface area contributed by atoms with Crippen molar-refractivity contribution in [2.24, 2.45) is 0 Å². The summed E-state index contributed by atoms with van der Waals surface area (Å²) >= 11 is 0. The summed E-state index contributed by atoms with van der Waals surface area (Å²) in [6.07, 6.45) is -4.98. The molecule has 0 aromatic heterocycles. The molecule has 140 valence electrons. The Morgan fingerprint density at radius 3 is 2.62 bits per heavy atom. The van der Waals surface area contributed by atoms with E-state index in [1.165, 1.54) is 0 Å². The molecule has 2 aromatic rings. The van der Waals surface area contributed by atoms with Crippen molar-refractivity contribution in [2.75, 3.05) is 19.8 Å². The lowest BCUT2D eigenvalue weighted by atomic mass is 10.1. The van der Waals surface area contributed by atoms with Crippen LogP contribution in [0, 0.1) is 5.82 Å². The second-order valence-electron chi connectivity index (χ2n) is 6.05. The van der Waals surface area contributed by atoms with Crippen molar-refractivity contribution in [3.05, 3.63) is 71.0 Å². The van der Waals surface area contributed by atoms with Crippen LogP contribution >= 0.6 is 0 Å². The third-order valence-corrected chi connectivity index (χ3v) is 4.14. The highest BCUT2D eigenvalue weighted by Gasteiger charge is 2.31. The summed E-state index contributed by atoms with van der Waals surface area (Å²) < 4.78 is 63.1. The number of morpholine rings is 1. The van der Waals surface area contributed by atoms with Gasteiger partial charge in [-0.15, -0.1) is 0 Å². The van der Waals surface area contributed by atoms with Crippen LogP contribution in [-0.4, -0.2) is 26.0 Å². The Bertz CT molecular complexity index is 721. The highest BCUT2D eigenvalue weighted by Crippen LogP contribution is 2.30. The summed E-state index contributed by atoms with van der Waals surface area (Å²) in [6, 6.07) is 12.0. The predicted molar refractivity (Wildman–Crippen MR) is 88.0 cm³/mol. The van der Waals surface area contributed by atoms with E-state index in [0.29, 0.717) is 19.2 Å². The molecule has 0 saturated carbocycles. The molecule has 7 heteroatoms. The molecule has 1 heterocycles. The van der Waals surface area contributed by atoms with Crippen molar-refractivity contribution in [3.63, 3.8) is 0 Å². The number of halogens is 4. The summed E-state index contributed by atoms with van der Waals surface area (Å²) in [5.41, 5.74) is 0.241. The van der Waals surface area contributed by atoms with Crippen molar-refractivity contribution in [1.29, 1.82) is 0 Å². The molecule has 26 heavy (non-hydrogen) atoms. The molecule has 2 aromatic carbocycles. The van der Waals surface area contributed by atoms with E-state index < -0.39 is 23.8 Å². The second-order valence-corrected chi connectivity index (χ2v) is 6.05. The minimum absolute atomic E-state index is 0.121. The molecule has 1 aliphatic rings. The molecule has 0 bridgehead atoms. The molecule has 1 fully saturated rings. The highest BCUT2D eigenvalue weighted by atomic mass is 19.4. The Morgan fingerprint density at radius 2 is 1.88 bits per heavy atom. The van der Waals surface area contributed by atoms with Gasteiger partial charge in [0.15, 0.2) is 6.29 Å². The summed E-state index contributed by atoms with van der Waals surface area (Å²) in [5.74, 6) is -0.910. The third-order valence-electron chi connectivity index (χ3n) is 4.14. The lowest BCUT2D eigenvalue weighted by molar-refractivity contribution is -0.176. The molecular formula is C19H19F4NO2. The first kappa shape index (κ1) is 18.8. The minimum atomic E-state index is -4.58. The molecule has 2 unspecified atom stereocenters. The minimum Gasteiger partial charge on any atom is -0.350 e. The van der Waals surface area contributed by atoms with Crippen LogP contribution in [0.4, 0.5) is 17.6 Å². The Balaban J connectivity index is 1.62. The average Bonchev–Trinajstić information content (AvgIpc) is 2.62. The van der Waals surface area contributed by atoms with E-state index in [0.717, 1.165) is 17.7 Å². The van der Waals surface area contributed by atoms with Crippen molar-refractivity contribution in [2.45, 2.75) is 24.9 Å². The van der Waals surface area contributed by atoms with Gasteiger partial charge in [-0.3, -0.25) is 0 Å². The standard InChI is InChI=1S/C19H19F4NO2/c20-16-11-13(10-15(12-16)19(21,22)23)6-8-25-18-17(24-7-9-26-18)14-4-2-1-3-5-14/h1-5,10-12,17-18,24H,6-9H2. The van der Waals surface area contributed by atoms with Gasteiger partial charge in [0.25, 0.3) is 0 Å². The van der Waals surface area contributed by atoms with Gasteiger partial charge >= 0.3 is 6.18 Å². The fourth-order valence-corrected chi connectivity index (χ4v) is 2.91. The van der Waals surface area contributed by atoms with Crippen LogP contribution in [0.1, 0.15) is 22.7 Å². The molecule has 0 amide bonds. The van der Waals surface area contributed by atoms with Crippen LogP contribution in [-0.2, 0) is 22.1 Å². The van der Waals surface area contributed by atoms with E-state index in [1.807, 2.05) is 30.3 Å². The Morgan fingerprint density at radius 1 is 1.12 bits per heavy atom. The molecule has 3 rings (SSSR count). The zero-order valence-electron chi connectivity index (χ0n) is 13.9. The van der Waals surface area contributed by atoms with Crippen LogP contribution in [0.5, 0.6) is 0 Å². The number of rotatable bonds is 5. The number of nitrogens with one attached hydrogen (secondary N) is 1. The number of hydrogen-bond donors (Lipinski definition) is 1. The van der Waals surface area contributed by atoms with Gasteiger partial charge in [0.1, 0.15) is 5.82 Å². The maximum Gasteiger partial charge on any atom is 0.416 e. The monoisotopic (exact) mass is 369 g/mol. The number of benzene rings is 2. The van der Waals surface area contributed by atoms with Crippen molar-refractivity contribution < 1.29 is 27.0 Å². The summed E-state index contributed by atoms with van der Waals surface area (Å²) in [4.78, 5) is 0. The fraction of sp³-hybridized carbons (Fsp3) is 0.368. The molecule has 1 aliphatic heterocycles. The highest BCUT2D eigenvalue weighted by molar-refractivity contribution is 5.27. The average molecular weight is 369 g/mol. The summed E-state index contributed by atoms with van der Waals surface area (Å²) in [7, 11) is 0. The van der Waals surface area contributed by atoms with E-state index in [1.54, 1.807) is 0 Å². The van der Waals surface area contributed by atoms with Gasteiger partial charge < -0.3 is 14.8 Å². The van der Waals surface area contributed by atoms with Gasteiger partial charge in [-0.05, 0) is 35.7 Å². The lowest BCUT2D eigenvalue weighted by Gasteiger charge is -2.33. The van der Waals surface area contributed by atoms with Crippen LogP contribution in [0.3, 0.4) is 0 Å². The smallest absolute Gasteiger partial charge is 0.350 e. The van der Waals surface area contributed by atoms with Gasteiger partial charge in [0, 0.05) is 6.54 Å². The van der Waals surface area contributed by atoms with Gasteiger partial charge in [0.05, 0.1) is 24.8 Å². The Kier molecular flexibility index (Phi) is 5.90. The van der Waals surface area contributed by atoms with Crippen LogP contribution in [0.15, 0.2) is 48.5 Å². The first-order valence-electron chi connectivity index (χ1n) is 8.32. The van der Waals surface area contributed by atoms with Crippen molar-refractivity contribution in [3.8, 4) is 0 Å². The van der Waals surface area contributed by atoms with Crippen molar-refractivity contribution in [1.82, 2.24) is 5.32 Å². The lowest BCUT2D eigenvalue weighted by Crippen LogP contribution is -2.43. The first-order chi connectivity index (χ1) is 12.4. The fourth-order valence-electron chi connectivity index (χ4n) is 2.91. The maximum atomic E-state index is 13.4. The molecule has 2 atom stereocenters. The number of ether oxygens (including phenoxy) is 2. The number of alkyl halides is 3. The molecule has 0 radical (unpaired) electrons. The van der Waals surface area contributed by atoms with E-state index in [-0.39, 0.29) is 24.6 Å². The quantitative estimate of drug-likeness (QED) is 0.806. The molecule has 1 saturated heterocycles. The number of hydrogen-bond acceptors (Lipinski definition) is 3. The van der Waals surface area contributed by atoms with E-state index in [4.69, 9.17) is 9.47 Å². The van der Waals surface area contributed by atoms with Gasteiger partial charge in [0.2, 0.25) is 0 Å². The Labute approximate surface area is 148 Å². The Hall–Kier alpha value is -1.96.